The Bertz CT molecular complexity index is 1010. The van der Waals surface area contributed by atoms with Gasteiger partial charge in [0.2, 0.25) is 0 Å². The van der Waals surface area contributed by atoms with Crippen molar-refractivity contribution in [2.24, 2.45) is 10.2 Å². The molecule has 9 heteroatoms. The summed E-state index contributed by atoms with van der Waals surface area (Å²) in [5.74, 6) is 0. The third-order valence-electron chi connectivity index (χ3n) is 3.40. The summed E-state index contributed by atoms with van der Waals surface area (Å²) in [6.45, 7) is 1.89. The zero-order valence-corrected chi connectivity index (χ0v) is 14.7. The van der Waals surface area contributed by atoms with E-state index in [9.17, 15) is 8.42 Å². The summed E-state index contributed by atoms with van der Waals surface area (Å²) >= 11 is 0. The van der Waals surface area contributed by atoms with Gasteiger partial charge in [0.1, 0.15) is 5.71 Å². The molecule has 0 fully saturated rings. The number of hydrogen-bond acceptors (Lipinski definition) is 6. The Morgan fingerprint density at radius 3 is 2.50 bits per heavy atom. The van der Waals surface area contributed by atoms with Crippen LogP contribution in [0.1, 0.15) is 11.1 Å². The van der Waals surface area contributed by atoms with Gasteiger partial charge in [-0.15, -0.1) is 9.89 Å². The molecule has 0 unspecified atom stereocenters. The quantitative estimate of drug-likeness (QED) is 0.529. The van der Waals surface area contributed by atoms with Gasteiger partial charge in [0, 0.05) is 5.56 Å². The van der Waals surface area contributed by atoms with Crippen molar-refractivity contribution in [1.29, 1.82) is 0 Å². The molecule has 0 saturated heterocycles. The van der Waals surface area contributed by atoms with E-state index < -0.39 is 10.0 Å². The van der Waals surface area contributed by atoms with E-state index in [4.69, 9.17) is 0 Å². The highest BCUT2D eigenvalue weighted by Crippen LogP contribution is 2.10. The summed E-state index contributed by atoms with van der Waals surface area (Å²) in [7, 11) is -3.79. The molecule has 132 valence electrons. The van der Waals surface area contributed by atoms with Crippen molar-refractivity contribution in [2.45, 2.75) is 11.8 Å². The van der Waals surface area contributed by atoms with Gasteiger partial charge in [0.25, 0.3) is 10.0 Å². The fraction of sp³-hybridized carbons (Fsp3) is 0.0588. The highest BCUT2D eigenvalue weighted by atomic mass is 32.2. The maximum Gasteiger partial charge on any atom is 0.276 e. The average Bonchev–Trinajstić information content (AvgIpc) is 3.16. The largest absolute Gasteiger partial charge is 0.276 e. The lowest BCUT2D eigenvalue weighted by Gasteiger charge is -2.06. The van der Waals surface area contributed by atoms with Gasteiger partial charge >= 0.3 is 0 Å². The second-order valence-corrected chi connectivity index (χ2v) is 7.00. The Morgan fingerprint density at radius 1 is 1.12 bits per heavy atom. The molecule has 0 saturated carbocycles. The maximum atomic E-state index is 12.4. The van der Waals surface area contributed by atoms with Crippen molar-refractivity contribution in [3.05, 3.63) is 78.1 Å². The summed E-state index contributed by atoms with van der Waals surface area (Å²) in [5.41, 5.74) is 2.00. The Balaban J connectivity index is 1.90. The number of hydrogen-bond donors (Lipinski definition) is 1. The minimum absolute atomic E-state index is 0.132. The van der Waals surface area contributed by atoms with Crippen molar-refractivity contribution in [3.63, 3.8) is 0 Å². The van der Waals surface area contributed by atoms with Gasteiger partial charge in [-0.25, -0.2) is 0 Å². The zero-order chi connectivity index (χ0) is 18.4. The molecule has 0 amide bonds. The van der Waals surface area contributed by atoms with Gasteiger partial charge in [0.05, 0.1) is 23.5 Å². The van der Waals surface area contributed by atoms with Crippen LogP contribution in [0.25, 0.3) is 0 Å². The van der Waals surface area contributed by atoms with Crippen LogP contribution < -0.4 is 4.83 Å². The standard InChI is InChI=1S/C17H16N6O2S/c1-14-7-9-16(10-8-14)26(24,25)22-20-17(15-5-3-2-4-6-15)13-19-23-12-11-18-21-23/h2-13,22H,1H3/b19-13+,20-17-. The smallest absolute Gasteiger partial charge is 0.200 e. The normalized spacial score (nSPS) is 12.4. The predicted octanol–water partition coefficient (Wildman–Crippen LogP) is 1.80. The van der Waals surface area contributed by atoms with Crippen molar-refractivity contribution >= 4 is 21.9 Å². The molecule has 0 bridgehead atoms. The molecule has 2 aromatic carbocycles. The molecule has 0 aliphatic heterocycles. The van der Waals surface area contributed by atoms with E-state index in [1.54, 1.807) is 30.5 Å². The van der Waals surface area contributed by atoms with Crippen molar-refractivity contribution in [1.82, 2.24) is 19.9 Å². The Labute approximate surface area is 150 Å². The van der Waals surface area contributed by atoms with Crippen LogP contribution in [-0.2, 0) is 10.0 Å². The van der Waals surface area contributed by atoms with Gasteiger partial charge in [-0.05, 0) is 24.3 Å². The van der Waals surface area contributed by atoms with Crippen LogP contribution in [0.2, 0.25) is 0 Å². The number of hydrazone groups is 1. The number of rotatable bonds is 6. The number of nitrogens with one attached hydrogen (secondary N) is 1. The molecule has 1 heterocycles. The Kier molecular flexibility index (Phi) is 5.18. The van der Waals surface area contributed by atoms with E-state index in [0.717, 1.165) is 5.56 Å². The van der Waals surface area contributed by atoms with Crippen LogP contribution >= 0.6 is 0 Å². The van der Waals surface area contributed by atoms with Crippen LogP contribution in [0, 0.1) is 6.92 Å². The Morgan fingerprint density at radius 2 is 1.85 bits per heavy atom. The minimum atomic E-state index is -3.79. The summed E-state index contributed by atoms with van der Waals surface area (Å²) < 4.78 is 24.8. The topological polar surface area (TPSA) is 102 Å². The maximum absolute atomic E-state index is 12.4. The average molecular weight is 368 g/mol. The predicted molar refractivity (Wildman–Crippen MR) is 98.4 cm³/mol. The molecule has 3 aromatic rings. The minimum Gasteiger partial charge on any atom is -0.200 e. The number of aryl methyl sites for hydroxylation is 1. The van der Waals surface area contributed by atoms with Crippen molar-refractivity contribution in [3.8, 4) is 0 Å². The van der Waals surface area contributed by atoms with Crippen LogP contribution in [0.15, 0.2) is 82.1 Å². The van der Waals surface area contributed by atoms with E-state index in [1.807, 2.05) is 25.1 Å². The van der Waals surface area contributed by atoms with Gasteiger partial charge in [0.15, 0.2) is 0 Å². The summed E-state index contributed by atoms with van der Waals surface area (Å²) in [6, 6.07) is 15.6. The van der Waals surface area contributed by atoms with E-state index in [0.29, 0.717) is 11.3 Å². The van der Waals surface area contributed by atoms with E-state index >= 15 is 0 Å². The first-order chi connectivity index (χ1) is 12.5. The molecule has 1 aromatic heterocycles. The van der Waals surface area contributed by atoms with Crippen LogP contribution in [0.4, 0.5) is 0 Å². The number of benzene rings is 2. The highest BCUT2D eigenvalue weighted by molar-refractivity contribution is 7.89. The van der Waals surface area contributed by atoms with E-state index in [2.05, 4.69) is 25.3 Å². The van der Waals surface area contributed by atoms with Crippen LogP contribution in [0.5, 0.6) is 0 Å². The lowest BCUT2D eigenvalue weighted by atomic mass is 10.1. The third kappa shape index (κ3) is 4.39. The molecule has 0 spiro atoms. The molecular formula is C17H16N6O2S. The van der Waals surface area contributed by atoms with Gasteiger partial charge in [-0.2, -0.15) is 23.5 Å². The highest BCUT2D eigenvalue weighted by Gasteiger charge is 2.13. The van der Waals surface area contributed by atoms with Gasteiger partial charge in [-0.3, -0.25) is 0 Å². The zero-order valence-electron chi connectivity index (χ0n) is 13.9. The SMILES string of the molecule is Cc1ccc(S(=O)(=O)N/N=C(/C=N/n2ccnn2)c2ccccc2)cc1. The van der Waals surface area contributed by atoms with Crippen molar-refractivity contribution < 1.29 is 8.42 Å². The summed E-state index contributed by atoms with van der Waals surface area (Å²) in [4.78, 5) is 3.62. The number of sulfonamides is 1. The lowest BCUT2D eigenvalue weighted by Crippen LogP contribution is -2.21. The van der Waals surface area contributed by atoms with Crippen LogP contribution in [-0.4, -0.2) is 35.4 Å². The first-order valence-electron chi connectivity index (χ1n) is 7.67. The first-order valence-corrected chi connectivity index (χ1v) is 9.15. The Hall–Kier alpha value is -3.33. The monoisotopic (exact) mass is 368 g/mol. The summed E-state index contributed by atoms with van der Waals surface area (Å²) in [6.07, 6.45) is 4.44. The first kappa shape index (κ1) is 17.5. The number of nitrogens with zero attached hydrogens (tertiary/aromatic N) is 5. The molecule has 0 radical (unpaired) electrons. The molecule has 3 rings (SSSR count). The molecule has 1 N–H and O–H groups in total. The molecular weight excluding hydrogens is 352 g/mol. The molecule has 0 aliphatic carbocycles. The fourth-order valence-corrected chi connectivity index (χ4v) is 2.85. The fourth-order valence-electron chi connectivity index (χ4n) is 2.03. The molecule has 0 atom stereocenters. The molecule has 26 heavy (non-hydrogen) atoms. The van der Waals surface area contributed by atoms with Gasteiger partial charge < -0.3 is 0 Å². The third-order valence-corrected chi connectivity index (χ3v) is 4.62. The van der Waals surface area contributed by atoms with E-state index in [-0.39, 0.29) is 4.90 Å². The van der Waals surface area contributed by atoms with E-state index in [1.165, 1.54) is 29.3 Å². The number of aromatic nitrogens is 3. The lowest BCUT2D eigenvalue weighted by molar-refractivity contribution is 0.584. The van der Waals surface area contributed by atoms with Crippen molar-refractivity contribution in [2.75, 3.05) is 0 Å². The summed E-state index contributed by atoms with van der Waals surface area (Å²) in [5, 5.41) is 15.5. The second-order valence-electron chi connectivity index (χ2n) is 5.34. The van der Waals surface area contributed by atoms with Gasteiger partial charge in [-0.1, -0.05) is 48.0 Å². The van der Waals surface area contributed by atoms with Crippen LogP contribution in [0.3, 0.4) is 0 Å². The molecule has 0 aliphatic rings. The second kappa shape index (κ2) is 7.70. The molecule has 8 nitrogen and oxygen atoms in total.